The number of benzene rings is 1. The predicted octanol–water partition coefficient (Wildman–Crippen LogP) is 4.59. The maximum atomic E-state index is 13.5. The summed E-state index contributed by atoms with van der Waals surface area (Å²) in [6.45, 7) is 0. The largest absolute Gasteiger partial charge is 0.205 e. The fourth-order valence-corrected chi connectivity index (χ4v) is 2.80. The van der Waals surface area contributed by atoms with Crippen molar-refractivity contribution in [1.29, 1.82) is 0 Å². The van der Waals surface area contributed by atoms with Crippen LogP contribution in [0.2, 0.25) is 5.02 Å². The molecule has 0 aliphatic heterocycles. The smallest absolute Gasteiger partial charge is 0.146 e. The zero-order valence-electron chi connectivity index (χ0n) is 6.48. The van der Waals surface area contributed by atoms with E-state index in [4.69, 9.17) is 11.6 Å². The fraction of sp³-hybridized carbons (Fsp3) is 0.111. The number of rotatable bonds is 1. The topological polar surface area (TPSA) is 0 Å². The summed E-state index contributed by atoms with van der Waals surface area (Å²) in [7, 11) is 0. The monoisotopic (exact) mass is 278 g/mol. The molecule has 0 aliphatic carbocycles. The molecule has 4 heteroatoms. The fourth-order valence-electron chi connectivity index (χ4n) is 1.19. The van der Waals surface area contributed by atoms with E-state index in [0.717, 1.165) is 10.1 Å². The molecule has 2 rings (SSSR count). The zero-order chi connectivity index (χ0) is 9.42. The van der Waals surface area contributed by atoms with Gasteiger partial charge in [-0.15, -0.1) is 11.3 Å². The highest BCUT2D eigenvalue weighted by atomic mass is 79.9. The van der Waals surface area contributed by atoms with Gasteiger partial charge in [0, 0.05) is 21.0 Å². The molecule has 0 radical (unpaired) electrons. The van der Waals surface area contributed by atoms with Crippen LogP contribution in [0.25, 0.3) is 10.1 Å². The summed E-state index contributed by atoms with van der Waals surface area (Å²) in [5, 5.41) is 3.43. The lowest BCUT2D eigenvalue weighted by Gasteiger charge is -2.01. The van der Waals surface area contributed by atoms with E-state index in [1.165, 1.54) is 0 Å². The summed E-state index contributed by atoms with van der Waals surface area (Å²) in [5.41, 5.74) is 0.611. The number of halogens is 3. The van der Waals surface area contributed by atoms with Crippen molar-refractivity contribution >= 4 is 49.0 Å². The number of alkyl halides is 1. The summed E-state index contributed by atoms with van der Waals surface area (Å²) >= 11 is 10.7. The van der Waals surface area contributed by atoms with Gasteiger partial charge < -0.3 is 0 Å². The molecular formula is C9H5BrClFS. The highest BCUT2D eigenvalue weighted by Gasteiger charge is 2.11. The van der Waals surface area contributed by atoms with Crippen LogP contribution >= 0.6 is 38.9 Å². The van der Waals surface area contributed by atoms with Crippen molar-refractivity contribution in [1.82, 2.24) is 0 Å². The number of hydrogen-bond donors (Lipinski definition) is 0. The number of fused-ring (bicyclic) bond motifs is 1. The molecule has 0 saturated carbocycles. The van der Waals surface area contributed by atoms with Gasteiger partial charge in [-0.05, 0) is 17.5 Å². The van der Waals surface area contributed by atoms with Crippen LogP contribution in [0.15, 0.2) is 17.5 Å². The lowest BCUT2D eigenvalue weighted by molar-refractivity contribution is 0.620. The highest BCUT2D eigenvalue weighted by molar-refractivity contribution is 9.08. The van der Waals surface area contributed by atoms with Crippen LogP contribution < -0.4 is 0 Å². The van der Waals surface area contributed by atoms with Crippen molar-refractivity contribution in [3.05, 3.63) is 33.9 Å². The Balaban J connectivity index is 2.83. The van der Waals surface area contributed by atoms with Crippen molar-refractivity contribution in [2.75, 3.05) is 0 Å². The summed E-state index contributed by atoms with van der Waals surface area (Å²) in [6.07, 6.45) is 0. The Kier molecular flexibility index (Phi) is 2.58. The summed E-state index contributed by atoms with van der Waals surface area (Å²) < 4.78 is 14.5. The average Bonchev–Trinajstić information content (AvgIpc) is 2.59. The highest BCUT2D eigenvalue weighted by Crippen LogP contribution is 2.33. The first-order valence-electron chi connectivity index (χ1n) is 3.64. The first kappa shape index (κ1) is 9.44. The molecule has 0 bridgehead atoms. The van der Waals surface area contributed by atoms with E-state index in [9.17, 15) is 4.39 Å². The van der Waals surface area contributed by atoms with E-state index in [-0.39, 0.29) is 10.8 Å². The van der Waals surface area contributed by atoms with Gasteiger partial charge in [-0.25, -0.2) is 4.39 Å². The lowest BCUT2D eigenvalue weighted by atomic mass is 10.2. The molecule has 0 atom stereocenters. The maximum Gasteiger partial charge on any atom is 0.146 e. The Labute approximate surface area is 92.5 Å². The molecule has 2 aromatic rings. The standard InChI is InChI=1S/C9H5BrClFS/c10-4-5-3-7-6(1-2-13-7)8(11)9(5)12/h1-3H,4H2. The summed E-state index contributed by atoms with van der Waals surface area (Å²) in [4.78, 5) is 0. The van der Waals surface area contributed by atoms with Gasteiger partial charge >= 0.3 is 0 Å². The molecule has 1 aromatic carbocycles. The van der Waals surface area contributed by atoms with Gasteiger partial charge in [0.1, 0.15) is 5.82 Å². The van der Waals surface area contributed by atoms with Crippen LogP contribution in [0, 0.1) is 5.82 Å². The predicted molar refractivity (Wildman–Crippen MR) is 59.4 cm³/mol. The molecule has 13 heavy (non-hydrogen) atoms. The van der Waals surface area contributed by atoms with Crippen molar-refractivity contribution in [2.45, 2.75) is 5.33 Å². The number of hydrogen-bond acceptors (Lipinski definition) is 1. The zero-order valence-corrected chi connectivity index (χ0v) is 9.64. The Morgan fingerprint density at radius 2 is 2.31 bits per heavy atom. The Bertz CT molecular complexity index is 452. The van der Waals surface area contributed by atoms with Crippen LogP contribution in [-0.4, -0.2) is 0 Å². The molecule has 0 spiro atoms. The second-order valence-electron chi connectivity index (χ2n) is 2.63. The molecule has 1 aromatic heterocycles. The third kappa shape index (κ3) is 1.49. The SMILES string of the molecule is Fc1c(CBr)cc2sccc2c1Cl. The summed E-state index contributed by atoms with van der Waals surface area (Å²) in [5.74, 6) is -0.315. The van der Waals surface area contributed by atoms with E-state index in [0.29, 0.717) is 10.9 Å². The minimum atomic E-state index is -0.315. The van der Waals surface area contributed by atoms with E-state index < -0.39 is 0 Å². The molecule has 0 saturated heterocycles. The van der Waals surface area contributed by atoms with Crippen LogP contribution in [0.5, 0.6) is 0 Å². The van der Waals surface area contributed by atoms with E-state index in [1.54, 1.807) is 11.3 Å². The molecular weight excluding hydrogens is 275 g/mol. The van der Waals surface area contributed by atoms with Gasteiger partial charge in [-0.2, -0.15) is 0 Å². The van der Waals surface area contributed by atoms with E-state index in [1.807, 2.05) is 17.5 Å². The van der Waals surface area contributed by atoms with Crippen LogP contribution in [-0.2, 0) is 5.33 Å². The quantitative estimate of drug-likeness (QED) is 0.670. The Morgan fingerprint density at radius 3 is 3.00 bits per heavy atom. The van der Waals surface area contributed by atoms with Crippen LogP contribution in [0.1, 0.15) is 5.56 Å². The van der Waals surface area contributed by atoms with Crippen molar-refractivity contribution < 1.29 is 4.39 Å². The molecule has 68 valence electrons. The normalized spacial score (nSPS) is 11.0. The van der Waals surface area contributed by atoms with Gasteiger partial charge in [0.2, 0.25) is 0 Å². The van der Waals surface area contributed by atoms with E-state index >= 15 is 0 Å². The molecule has 0 N–H and O–H groups in total. The summed E-state index contributed by atoms with van der Waals surface area (Å²) in [6, 6.07) is 3.67. The van der Waals surface area contributed by atoms with Crippen LogP contribution in [0.4, 0.5) is 4.39 Å². The van der Waals surface area contributed by atoms with Crippen molar-refractivity contribution in [2.24, 2.45) is 0 Å². The first-order valence-corrected chi connectivity index (χ1v) is 6.02. The maximum absolute atomic E-state index is 13.5. The minimum absolute atomic E-state index is 0.230. The second-order valence-corrected chi connectivity index (χ2v) is 4.52. The van der Waals surface area contributed by atoms with Crippen LogP contribution in [0.3, 0.4) is 0 Å². The van der Waals surface area contributed by atoms with Gasteiger partial charge in [-0.3, -0.25) is 0 Å². The molecule has 0 unspecified atom stereocenters. The third-order valence-electron chi connectivity index (χ3n) is 1.86. The Hall–Kier alpha value is -0.120. The third-order valence-corrected chi connectivity index (χ3v) is 3.69. The van der Waals surface area contributed by atoms with Gasteiger partial charge in [0.15, 0.2) is 0 Å². The average molecular weight is 280 g/mol. The van der Waals surface area contributed by atoms with Crippen molar-refractivity contribution in [3.63, 3.8) is 0 Å². The van der Waals surface area contributed by atoms with Gasteiger partial charge in [0.25, 0.3) is 0 Å². The Morgan fingerprint density at radius 1 is 1.54 bits per heavy atom. The molecule has 1 heterocycles. The van der Waals surface area contributed by atoms with Gasteiger partial charge in [0.05, 0.1) is 5.02 Å². The van der Waals surface area contributed by atoms with Crippen molar-refractivity contribution in [3.8, 4) is 0 Å². The molecule has 0 aliphatic rings. The number of thiophene rings is 1. The second kappa shape index (κ2) is 3.56. The molecule has 0 nitrogen and oxygen atoms in total. The molecule has 0 amide bonds. The minimum Gasteiger partial charge on any atom is -0.205 e. The molecule has 0 fully saturated rings. The van der Waals surface area contributed by atoms with Gasteiger partial charge in [-0.1, -0.05) is 27.5 Å². The lowest BCUT2D eigenvalue weighted by Crippen LogP contribution is -1.86. The van der Waals surface area contributed by atoms with E-state index in [2.05, 4.69) is 15.9 Å². The first-order chi connectivity index (χ1) is 6.24.